The second-order valence-corrected chi connectivity index (χ2v) is 10.0. The van der Waals surface area contributed by atoms with E-state index in [1.54, 1.807) is 12.1 Å². The maximum atomic E-state index is 15.4. The molecule has 0 spiro atoms. The van der Waals surface area contributed by atoms with E-state index in [4.69, 9.17) is 4.74 Å². The lowest BCUT2D eigenvalue weighted by molar-refractivity contribution is 0.248. The van der Waals surface area contributed by atoms with Crippen LogP contribution in [0.3, 0.4) is 0 Å². The Morgan fingerprint density at radius 2 is 1.46 bits per heavy atom. The van der Waals surface area contributed by atoms with Crippen molar-refractivity contribution in [3.8, 4) is 22.6 Å². The highest BCUT2D eigenvalue weighted by Gasteiger charge is 2.23. The third-order valence-electron chi connectivity index (χ3n) is 7.46. The Labute approximate surface area is 215 Å². The highest BCUT2D eigenvalue weighted by Crippen LogP contribution is 2.38. The molecule has 0 heterocycles. The predicted molar refractivity (Wildman–Crippen MR) is 135 cm³/mol. The highest BCUT2D eigenvalue weighted by atomic mass is 19.2. The van der Waals surface area contributed by atoms with Crippen LogP contribution in [0, 0.1) is 47.0 Å². The normalized spacial score (nSPS) is 17.7. The van der Waals surface area contributed by atoms with Gasteiger partial charge in [-0.3, -0.25) is 0 Å². The van der Waals surface area contributed by atoms with Gasteiger partial charge in [-0.15, -0.1) is 0 Å². The van der Waals surface area contributed by atoms with Crippen molar-refractivity contribution in [1.82, 2.24) is 0 Å². The van der Waals surface area contributed by atoms with Gasteiger partial charge >= 0.3 is 0 Å². The van der Waals surface area contributed by atoms with Gasteiger partial charge in [-0.1, -0.05) is 76.5 Å². The summed E-state index contributed by atoms with van der Waals surface area (Å²) in [6, 6.07) is 11.5. The van der Waals surface area contributed by atoms with Crippen molar-refractivity contribution in [2.24, 2.45) is 11.8 Å². The number of hydrogen-bond acceptors (Lipinski definition) is 1. The molecule has 0 saturated heterocycles. The third kappa shape index (κ3) is 6.71. The monoisotopic (exact) mass is 515 g/mol. The van der Waals surface area contributed by atoms with Crippen LogP contribution in [-0.4, -0.2) is 0 Å². The Balaban J connectivity index is 1.46. The molecule has 1 aliphatic rings. The van der Waals surface area contributed by atoms with Gasteiger partial charge in [0.25, 0.3) is 0 Å². The maximum absolute atomic E-state index is 15.4. The predicted octanol–water partition coefficient (Wildman–Crippen LogP) is 9.96. The summed E-state index contributed by atoms with van der Waals surface area (Å²) in [7, 11) is 0. The minimum Gasteiger partial charge on any atom is -0.453 e. The molecule has 0 N–H and O–H groups in total. The Bertz CT molecular complexity index is 1180. The van der Waals surface area contributed by atoms with Gasteiger partial charge in [0.15, 0.2) is 29.0 Å². The van der Waals surface area contributed by atoms with Crippen LogP contribution in [0.4, 0.5) is 22.0 Å². The van der Waals surface area contributed by atoms with Crippen LogP contribution in [-0.2, 0) is 6.42 Å². The van der Waals surface area contributed by atoms with Crippen molar-refractivity contribution in [2.45, 2.75) is 71.1 Å². The van der Waals surface area contributed by atoms with Gasteiger partial charge in [0, 0.05) is 17.2 Å². The molecular formula is C31H32F5O. The summed E-state index contributed by atoms with van der Waals surface area (Å²) in [4.78, 5) is 0. The van der Waals surface area contributed by atoms with E-state index in [9.17, 15) is 17.6 Å². The average Bonchev–Trinajstić information content (AvgIpc) is 2.90. The molecule has 0 amide bonds. The number of unbranched alkanes of at least 4 members (excludes halogenated alkanes) is 2. The standard InChI is InChI=1S/C31H32F5O/c1-2-3-4-7-20-10-12-21(13-11-20)14-15-24-25(32)16-17-29(30(24)35)37-28-9-6-5-8-23(28)22-18-26(33)31(36)27(34)19-22/h5-6,8-9,16,18-21H,2-4,7,10-15H2,1H3/t20-,21-. The molecule has 0 aliphatic heterocycles. The fraction of sp³-hybridized carbons (Fsp3) is 0.419. The van der Waals surface area contributed by atoms with Crippen molar-refractivity contribution in [3.63, 3.8) is 0 Å². The molecular weight excluding hydrogens is 483 g/mol. The van der Waals surface area contributed by atoms with Crippen LogP contribution >= 0.6 is 0 Å². The number of para-hydroxylation sites is 1. The van der Waals surface area contributed by atoms with Crippen molar-refractivity contribution in [1.29, 1.82) is 0 Å². The molecule has 4 rings (SSSR count). The Morgan fingerprint density at radius 1 is 0.811 bits per heavy atom. The number of rotatable bonds is 10. The van der Waals surface area contributed by atoms with Gasteiger partial charge in [-0.05, 0) is 54.5 Å². The third-order valence-corrected chi connectivity index (χ3v) is 7.46. The minimum absolute atomic E-state index is 0.0278. The molecule has 3 aromatic rings. The van der Waals surface area contributed by atoms with E-state index in [1.807, 2.05) is 0 Å². The van der Waals surface area contributed by atoms with Crippen LogP contribution in [0.1, 0.15) is 70.3 Å². The van der Waals surface area contributed by atoms with Gasteiger partial charge in [0.05, 0.1) is 0 Å². The first-order chi connectivity index (χ1) is 17.9. The van der Waals surface area contributed by atoms with Crippen molar-refractivity contribution in [3.05, 3.63) is 83.2 Å². The molecule has 1 saturated carbocycles. The molecule has 0 unspecified atom stereocenters. The van der Waals surface area contributed by atoms with Crippen molar-refractivity contribution >= 4 is 0 Å². The molecule has 1 nitrogen and oxygen atoms in total. The second-order valence-electron chi connectivity index (χ2n) is 10.0. The van der Waals surface area contributed by atoms with Gasteiger partial charge in [0.1, 0.15) is 11.6 Å². The molecule has 197 valence electrons. The zero-order valence-electron chi connectivity index (χ0n) is 21.1. The summed E-state index contributed by atoms with van der Waals surface area (Å²) >= 11 is 0. The first-order valence-corrected chi connectivity index (χ1v) is 13.2. The topological polar surface area (TPSA) is 9.23 Å². The number of hydrogen-bond donors (Lipinski definition) is 0. The molecule has 0 bridgehead atoms. The lowest BCUT2D eigenvalue weighted by Gasteiger charge is -2.28. The summed E-state index contributed by atoms with van der Waals surface area (Å²) in [5, 5.41) is 0. The summed E-state index contributed by atoms with van der Waals surface area (Å²) in [6.45, 7) is 2.21. The van der Waals surface area contributed by atoms with E-state index in [1.165, 1.54) is 50.7 Å². The summed E-state index contributed by atoms with van der Waals surface area (Å²) in [5.41, 5.74) is 0.213. The smallest absolute Gasteiger partial charge is 0.194 e. The number of halogens is 5. The van der Waals surface area contributed by atoms with E-state index >= 15 is 4.39 Å². The fourth-order valence-corrected chi connectivity index (χ4v) is 5.28. The average molecular weight is 516 g/mol. The SMILES string of the molecule is CCCCC[C@H]1CC[C@H](CCc2c(F)c[c]c(Oc3ccccc3-c3cc(F)c(F)c(F)c3)c2F)CC1. The summed E-state index contributed by atoms with van der Waals surface area (Å²) < 4.78 is 76.7. The molecule has 6 heteroatoms. The van der Waals surface area contributed by atoms with Gasteiger partial charge in [0.2, 0.25) is 0 Å². The van der Waals surface area contributed by atoms with Gasteiger partial charge in [-0.25, -0.2) is 22.0 Å². The summed E-state index contributed by atoms with van der Waals surface area (Å²) in [6.07, 6.45) is 10.5. The molecule has 0 aromatic heterocycles. The van der Waals surface area contributed by atoms with E-state index in [0.717, 1.165) is 37.0 Å². The first kappa shape index (κ1) is 27.2. The van der Waals surface area contributed by atoms with Gasteiger partial charge < -0.3 is 4.74 Å². The van der Waals surface area contributed by atoms with Crippen LogP contribution in [0.2, 0.25) is 0 Å². The van der Waals surface area contributed by atoms with E-state index in [2.05, 4.69) is 13.0 Å². The quantitative estimate of drug-likeness (QED) is 0.148. The van der Waals surface area contributed by atoms with E-state index < -0.39 is 29.1 Å². The maximum Gasteiger partial charge on any atom is 0.194 e. The van der Waals surface area contributed by atoms with Crippen LogP contribution < -0.4 is 4.74 Å². The lowest BCUT2D eigenvalue weighted by Crippen LogP contribution is -2.15. The Hall–Kier alpha value is -2.89. The van der Waals surface area contributed by atoms with Crippen LogP contribution in [0.15, 0.2) is 42.5 Å². The Kier molecular flexibility index (Phi) is 9.23. The molecule has 3 aromatic carbocycles. The van der Waals surface area contributed by atoms with E-state index in [-0.39, 0.29) is 34.6 Å². The number of ether oxygens (including phenoxy) is 1. The zero-order valence-corrected chi connectivity index (χ0v) is 21.1. The van der Waals surface area contributed by atoms with Crippen LogP contribution in [0.25, 0.3) is 11.1 Å². The lowest BCUT2D eigenvalue weighted by atomic mass is 9.77. The molecule has 37 heavy (non-hydrogen) atoms. The minimum atomic E-state index is -1.57. The zero-order chi connectivity index (χ0) is 26.4. The summed E-state index contributed by atoms with van der Waals surface area (Å²) in [5.74, 6) is -4.77. The molecule has 1 radical (unpaired) electrons. The molecule has 1 fully saturated rings. The van der Waals surface area contributed by atoms with Crippen LogP contribution in [0.5, 0.6) is 11.5 Å². The second kappa shape index (κ2) is 12.6. The largest absolute Gasteiger partial charge is 0.453 e. The highest BCUT2D eigenvalue weighted by molar-refractivity contribution is 5.71. The Morgan fingerprint density at radius 3 is 2.14 bits per heavy atom. The van der Waals surface area contributed by atoms with Crippen molar-refractivity contribution < 1.29 is 26.7 Å². The first-order valence-electron chi connectivity index (χ1n) is 13.2. The van der Waals surface area contributed by atoms with Crippen molar-refractivity contribution in [2.75, 3.05) is 0 Å². The van der Waals surface area contributed by atoms with Gasteiger partial charge in [-0.2, -0.15) is 0 Å². The fourth-order valence-electron chi connectivity index (χ4n) is 5.28. The molecule has 1 aliphatic carbocycles. The number of benzene rings is 3. The van der Waals surface area contributed by atoms with E-state index in [0.29, 0.717) is 12.3 Å². The molecule has 0 atom stereocenters.